The summed E-state index contributed by atoms with van der Waals surface area (Å²) in [5.41, 5.74) is 6.68. The van der Waals surface area contributed by atoms with Crippen LogP contribution in [-0.4, -0.2) is 22.9 Å². The van der Waals surface area contributed by atoms with E-state index in [9.17, 15) is 5.26 Å². The molecule has 1 aromatic rings. The zero-order valence-electron chi connectivity index (χ0n) is 11.9. The van der Waals surface area contributed by atoms with Gasteiger partial charge < -0.3 is 10.6 Å². The highest BCUT2D eigenvalue weighted by molar-refractivity contribution is 5.65. The van der Waals surface area contributed by atoms with Crippen LogP contribution in [0.4, 0.5) is 11.6 Å². The summed E-state index contributed by atoms with van der Waals surface area (Å²) in [7, 11) is 0. The average molecular weight is 261 g/mol. The molecule has 0 atom stereocenters. The molecule has 0 spiro atoms. The minimum absolute atomic E-state index is 0.366. The number of rotatable bonds is 4. The van der Waals surface area contributed by atoms with E-state index in [0.717, 1.165) is 31.7 Å². The van der Waals surface area contributed by atoms with Crippen molar-refractivity contribution >= 4 is 11.6 Å². The van der Waals surface area contributed by atoms with Gasteiger partial charge in [-0.3, -0.25) is 0 Å². The summed E-state index contributed by atoms with van der Waals surface area (Å²) in [6, 6.07) is 2.59. The van der Waals surface area contributed by atoms with Crippen LogP contribution in [0.25, 0.3) is 0 Å². The molecule has 1 saturated carbocycles. The highest BCUT2D eigenvalue weighted by Crippen LogP contribution is 2.33. The van der Waals surface area contributed by atoms with E-state index in [2.05, 4.69) is 29.9 Å². The molecule has 1 heterocycles. The van der Waals surface area contributed by atoms with Gasteiger partial charge in [-0.05, 0) is 26.7 Å². The van der Waals surface area contributed by atoms with Crippen LogP contribution in [0.15, 0.2) is 0 Å². The summed E-state index contributed by atoms with van der Waals surface area (Å²) in [5, 5.41) is 14.0. The third-order valence-corrected chi connectivity index (χ3v) is 4.02. The fourth-order valence-corrected chi connectivity index (χ4v) is 2.89. The molecular weight excluding hydrogens is 238 g/mol. The number of nitrogens with two attached hydrogens (primary N) is 1. The van der Waals surface area contributed by atoms with Crippen LogP contribution in [0.1, 0.15) is 57.6 Å². The van der Waals surface area contributed by atoms with Crippen LogP contribution in [0.3, 0.4) is 0 Å². The lowest BCUT2D eigenvalue weighted by Crippen LogP contribution is -2.23. The molecule has 0 bridgehead atoms. The van der Waals surface area contributed by atoms with Crippen molar-refractivity contribution in [3.8, 4) is 6.07 Å². The second kappa shape index (κ2) is 5.96. The number of aromatic nitrogens is 2. The Hall–Kier alpha value is -1.70. The Balaban J connectivity index is 2.37. The largest absolute Gasteiger partial charge is 0.383 e. The number of nitriles is 1. The third-order valence-electron chi connectivity index (χ3n) is 4.02. The molecule has 5 nitrogen and oxygen atoms in total. The molecular formula is C14H23N5. The van der Waals surface area contributed by atoms with Crippen molar-refractivity contribution < 1.29 is 0 Å². The lowest BCUT2D eigenvalue weighted by Gasteiger charge is -2.23. The number of nitrogens with zero attached hydrogens (tertiary/aromatic N) is 4. The summed E-state index contributed by atoms with van der Waals surface area (Å²) in [6.07, 6.45) is 5.99. The van der Waals surface area contributed by atoms with Crippen molar-refractivity contribution in [3.05, 3.63) is 5.56 Å². The van der Waals surface area contributed by atoms with Crippen molar-refractivity contribution in [1.82, 2.24) is 9.78 Å². The quantitative estimate of drug-likeness (QED) is 0.904. The molecule has 0 aliphatic heterocycles. The zero-order chi connectivity index (χ0) is 13.8. The maximum absolute atomic E-state index is 9.34. The molecule has 5 heteroatoms. The molecule has 1 fully saturated rings. The van der Waals surface area contributed by atoms with Crippen LogP contribution in [0.2, 0.25) is 0 Å². The van der Waals surface area contributed by atoms with E-state index in [4.69, 9.17) is 5.73 Å². The van der Waals surface area contributed by atoms with Gasteiger partial charge in [-0.2, -0.15) is 10.4 Å². The van der Waals surface area contributed by atoms with Gasteiger partial charge in [0, 0.05) is 13.1 Å². The Morgan fingerprint density at radius 1 is 1.32 bits per heavy atom. The monoisotopic (exact) mass is 261 g/mol. The van der Waals surface area contributed by atoms with E-state index in [1.54, 1.807) is 0 Å². The molecule has 2 N–H and O–H groups in total. The fourth-order valence-electron chi connectivity index (χ4n) is 2.89. The number of hydrogen-bond acceptors (Lipinski definition) is 4. The first-order chi connectivity index (χ1) is 9.22. The van der Waals surface area contributed by atoms with Gasteiger partial charge in [-0.25, -0.2) is 4.68 Å². The summed E-state index contributed by atoms with van der Waals surface area (Å²) in [5.74, 6) is 1.28. The Morgan fingerprint density at radius 3 is 2.47 bits per heavy atom. The zero-order valence-corrected chi connectivity index (χ0v) is 11.9. The molecule has 0 saturated heterocycles. The van der Waals surface area contributed by atoms with E-state index in [1.165, 1.54) is 19.3 Å². The Labute approximate surface area is 115 Å². The van der Waals surface area contributed by atoms with Crippen molar-refractivity contribution in [2.45, 2.75) is 52.0 Å². The van der Waals surface area contributed by atoms with Gasteiger partial charge in [-0.1, -0.05) is 19.3 Å². The van der Waals surface area contributed by atoms with Gasteiger partial charge in [-0.15, -0.1) is 0 Å². The van der Waals surface area contributed by atoms with E-state index in [-0.39, 0.29) is 0 Å². The molecule has 19 heavy (non-hydrogen) atoms. The fraction of sp³-hybridized carbons (Fsp3) is 0.714. The lowest BCUT2D eigenvalue weighted by atomic mass is 9.96. The predicted octanol–water partition coefficient (Wildman–Crippen LogP) is 2.69. The van der Waals surface area contributed by atoms with Crippen molar-refractivity contribution in [2.24, 2.45) is 0 Å². The van der Waals surface area contributed by atoms with E-state index >= 15 is 0 Å². The van der Waals surface area contributed by atoms with Gasteiger partial charge >= 0.3 is 0 Å². The summed E-state index contributed by atoms with van der Waals surface area (Å²) >= 11 is 0. The van der Waals surface area contributed by atoms with Crippen molar-refractivity contribution in [3.63, 3.8) is 0 Å². The molecule has 2 rings (SSSR count). The standard InChI is InChI=1S/C14H23N5/c1-3-18(4-2)14-12(10-15)13(16)19(17-14)11-8-6-5-7-9-11/h11H,3-9,16H2,1-2H3. The molecule has 1 aliphatic rings. The molecule has 0 aromatic carbocycles. The van der Waals surface area contributed by atoms with Crippen LogP contribution < -0.4 is 10.6 Å². The Morgan fingerprint density at radius 2 is 1.95 bits per heavy atom. The maximum atomic E-state index is 9.34. The Kier molecular flexibility index (Phi) is 4.31. The van der Waals surface area contributed by atoms with Crippen molar-refractivity contribution in [2.75, 3.05) is 23.7 Å². The van der Waals surface area contributed by atoms with Gasteiger partial charge in [0.2, 0.25) is 0 Å². The number of anilines is 2. The van der Waals surface area contributed by atoms with Crippen LogP contribution in [0, 0.1) is 11.3 Å². The van der Waals surface area contributed by atoms with Gasteiger partial charge in [0.15, 0.2) is 5.82 Å². The SMILES string of the molecule is CCN(CC)c1nn(C2CCCCC2)c(N)c1C#N. The molecule has 1 aliphatic carbocycles. The van der Waals surface area contributed by atoms with Gasteiger partial charge in [0.25, 0.3) is 0 Å². The first-order valence-corrected chi connectivity index (χ1v) is 7.25. The first kappa shape index (κ1) is 13.7. The predicted molar refractivity (Wildman–Crippen MR) is 77.0 cm³/mol. The normalized spacial score (nSPS) is 16.3. The number of hydrogen-bond donors (Lipinski definition) is 1. The van der Waals surface area contributed by atoms with E-state index < -0.39 is 0 Å². The number of nitrogen functional groups attached to an aromatic ring is 1. The molecule has 104 valence electrons. The topological polar surface area (TPSA) is 70.9 Å². The van der Waals surface area contributed by atoms with Gasteiger partial charge in [0.1, 0.15) is 17.5 Å². The van der Waals surface area contributed by atoms with Crippen LogP contribution >= 0.6 is 0 Å². The minimum Gasteiger partial charge on any atom is -0.383 e. The van der Waals surface area contributed by atoms with Gasteiger partial charge in [0.05, 0.1) is 6.04 Å². The van der Waals surface area contributed by atoms with Crippen molar-refractivity contribution in [1.29, 1.82) is 5.26 Å². The molecule has 0 radical (unpaired) electrons. The van der Waals surface area contributed by atoms with Crippen LogP contribution in [0.5, 0.6) is 0 Å². The van der Waals surface area contributed by atoms with E-state index in [1.807, 2.05) is 4.68 Å². The minimum atomic E-state index is 0.366. The van der Waals surface area contributed by atoms with E-state index in [0.29, 0.717) is 17.4 Å². The molecule has 0 amide bonds. The summed E-state index contributed by atoms with van der Waals surface area (Å²) in [4.78, 5) is 2.09. The summed E-state index contributed by atoms with van der Waals surface area (Å²) < 4.78 is 1.89. The average Bonchev–Trinajstić information content (AvgIpc) is 2.78. The highest BCUT2D eigenvalue weighted by atomic mass is 15.4. The molecule has 1 aromatic heterocycles. The van der Waals surface area contributed by atoms with Crippen LogP contribution in [-0.2, 0) is 0 Å². The summed E-state index contributed by atoms with van der Waals surface area (Å²) in [6.45, 7) is 5.82. The second-order valence-electron chi connectivity index (χ2n) is 5.10. The third kappa shape index (κ3) is 2.53. The highest BCUT2D eigenvalue weighted by Gasteiger charge is 2.24. The second-order valence-corrected chi connectivity index (χ2v) is 5.10. The maximum Gasteiger partial charge on any atom is 0.170 e. The smallest absolute Gasteiger partial charge is 0.170 e. The lowest BCUT2D eigenvalue weighted by molar-refractivity contribution is 0.333. The first-order valence-electron chi connectivity index (χ1n) is 7.25. The Bertz CT molecular complexity index is 461. The molecule has 0 unspecified atom stereocenters.